The molecule has 4 heteroatoms. The highest BCUT2D eigenvalue weighted by Gasteiger charge is 2.15. The van der Waals surface area contributed by atoms with E-state index in [0.29, 0.717) is 13.1 Å². The number of amides is 1. The number of carbonyl (C=O) groups excluding carboxylic acids is 1. The largest absolute Gasteiger partial charge is 0.460 e. The van der Waals surface area contributed by atoms with Gasteiger partial charge in [0, 0.05) is 0 Å². The molecule has 1 aromatic heterocycles. The maximum Gasteiger partial charge on any atom is 0.275 e. The van der Waals surface area contributed by atoms with Crippen LogP contribution in [0.2, 0.25) is 0 Å². The molecular formula is C17H23N2O2+. The minimum absolute atomic E-state index is 0.0253. The van der Waals surface area contributed by atoms with Gasteiger partial charge in [0.25, 0.3) is 5.91 Å². The molecule has 0 aliphatic rings. The molecule has 4 nitrogen and oxygen atoms in total. The molecule has 1 aromatic carbocycles. The first kappa shape index (κ1) is 15.3. The zero-order valence-electron chi connectivity index (χ0n) is 12.8. The van der Waals surface area contributed by atoms with E-state index in [9.17, 15) is 4.79 Å². The molecule has 1 amide bonds. The Labute approximate surface area is 125 Å². The predicted octanol–water partition coefficient (Wildman–Crippen LogP) is 1.48. The van der Waals surface area contributed by atoms with Crippen LogP contribution in [0.4, 0.5) is 0 Å². The summed E-state index contributed by atoms with van der Waals surface area (Å²) in [5.74, 6) is 1.86. The maximum atomic E-state index is 12.1. The van der Waals surface area contributed by atoms with Crippen molar-refractivity contribution in [1.82, 2.24) is 5.32 Å². The zero-order chi connectivity index (χ0) is 15.2. The molecule has 0 aliphatic carbocycles. The number of quaternary nitrogens is 1. The number of likely N-dealkylation sites (N-methyl/N-ethyl adjacent to an activating group) is 1. The molecule has 0 saturated heterocycles. The van der Waals surface area contributed by atoms with Crippen LogP contribution in [0.15, 0.2) is 46.9 Å². The standard InChI is InChI=1S/C17H22N2O2/c1-13-9-10-16(21-13)11-19(3)12-17(20)18-14(2)15-7-5-4-6-8-15/h4-10,14H,11-12H2,1-3H3,(H,18,20)/p+1/t14-/m1/s1. The number of nitrogens with one attached hydrogen (secondary N) is 2. The summed E-state index contributed by atoms with van der Waals surface area (Å²) < 4.78 is 5.53. The van der Waals surface area contributed by atoms with Crippen LogP contribution in [-0.2, 0) is 11.3 Å². The minimum atomic E-state index is 0.0253. The van der Waals surface area contributed by atoms with Crippen LogP contribution < -0.4 is 10.2 Å². The summed E-state index contributed by atoms with van der Waals surface area (Å²) in [4.78, 5) is 13.2. The summed E-state index contributed by atoms with van der Waals surface area (Å²) in [6.07, 6.45) is 0. The van der Waals surface area contributed by atoms with Gasteiger partial charge in [0.05, 0.1) is 13.1 Å². The Bertz CT molecular complexity index is 577. The number of hydrogen-bond donors (Lipinski definition) is 2. The maximum absolute atomic E-state index is 12.1. The summed E-state index contributed by atoms with van der Waals surface area (Å²) in [6.45, 7) is 5.06. The van der Waals surface area contributed by atoms with E-state index < -0.39 is 0 Å². The lowest BCUT2D eigenvalue weighted by atomic mass is 10.1. The van der Waals surface area contributed by atoms with E-state index in [-0.39, 0.29) is 11.9 Å². The highest BCUT2D eigenvalue weighted by Crippen LogP contribution is 2.10. The fraction of sp³-hybridized carbons (Fsp3) is 0.353. The fourth-order valence-corrected chi connectivity index (χ4v) is 2.33. The first-order chi connectivity index (χ1) is 10.0. The molecule has 0 saturated carbocycles. The molecule has 0 bridgehead atoms. The van der Waals surface area contributed by atoms with Crippen LogP contribution in [0.1, 0.15) is 30.0 Å². The van der Waals surface area contributed by atoms with Crippen LogP contribution in [0, 0.1) is 6.92 Å². The SMILES string of the molecule is Cc1ccc(C[NH+](C)CC(=O)N[C@H](C)c2ccccc2)o1. The Kier molecular flexibility index (Phi) is 5.17. The van der Waals surface area contributed by atoms with Crippen molar-refractivity contribution >= 4 is 5.91 Å². The summed E-state index contributed by atoms with van der Waals surface area (Å²) in [5.41, 5.74) is 1.12. The van der Waals surface area contributed by atoms with Crippen molar-refractivity contribution in [1.29, 1.82) is 0 Å². The van der Waals surface area contributed by atoms with Gasteiger partial charge in [0.15, 0.2) is 12.3 Å². The lowest BCUT2D eigenvalue weighted by Crippen LogP contribution is -3.08. The van der Waals surface area contributed by atoms with Crippen LogP contribution in [0.5, 0.6) is 0 Å². The van der Waals surface area contributed by atoms with Gasteiger partial charge in [0.2, 0.25) is 0 Å². The molecule has 1 unspecified atom stereocenters. The smallest absolute Gasteiger partial charge is 0.275 e. The van der Waals surface area contributed by atoms with Gasteiger partial charge in [-0.1, -0.05) is 30.3 Å². The second kappa shape index (κ2) is 7.09. The van der Waals surface area contributed by atoms with E-state index in [1.54, 1.807) is 0 Å². The van der Waals surface area contributed by atoms with Crippen LogP contribution in [-0.4, -0.2) is 19.5 Å². The van der Waals surface area contributed by atoms with E-state index in [1.807, 2.05) is 63.4 Å². The minimum Gasteiger partial charge on any atom is -0.460 e. The number of aryl methyl sites for hydroxylation is 1. The average Bonchev–Trinajstić information content (AvgIpc) is 2.84. The molecule has 2 N–H and O–H groups in total. The van der Waals surface area contributed by atoms with Gasteiger partial charge in [-0.25, -0.2) is 0 Å². The summed E-state index contributed by atoms with van der Waals surface area (Å²) >= 11 is 0. The monoisotopic (exact) mass is 287 g/mol. The molecule has 2 atom stereocenters. The first-order valence-corrected chi connectivity index (χ1v) is 7.25. The van der Waals surface area contributed by atoms with Crippen LogP contribution in [0.25, 0.3) is 0 Å². The van der Waals surface area contributed by atoms with Crippen molar-refractivity contribution in [3.05, 3.63) is 59.5 Å². The number of furan rings is 1. The molecule has 21 heavy (non-hydrogen) atoms. The van der Waals surface area contributed by atoms with Gasteiger partial charge in [0.1, 0.15) is 12.3 Å². The second-order valence-electron chi connectivity index (χ2n) is 5.52. The fourth-order valence-electron chi connectivity index (χ4n) is 2.33. The van der Waals surface area contributed by atoms with Crippen molar-refractivity contribution < 1.29 is 14.1 Å². The van der Waals surface area contributed by atoms with Crippen molar-refractivity contribution in [2.75, 3.05) is 13.6 Å². The lowest BCUT2D eigenvalue weighted by Gasteiger charge is -2.16. The van der Waals surface area contributed by atoms with Crippen LogP contribution >= 0.6 is 0 Å². The third kappa shape index (κ3) is 4.76. The first-order valence-electron chi connectivity index (χ1n) is 7.25. The van der Waals surface area contributed by atoms with Gasteiger partial charge in [-0.3, -0.25) is 4.79 Å². The normalized spacial score (nSPS) is 13.7. The van der Waals surface area contributed by atoms with Gasteiger partial charge in [-0.15, -0.1) is 0 Å². The number of carbonyl (C=O) groups is 1. The number of hydrogen-bond acceptors (Lipinski definition) is 2. The molecule has 0 fully saturated rings. The molecule has 0 radical (unpaired) electrons. The molecule has 2 aromatic rings. The van der Waals surface area contributed by atoms with Gasteiger partial charge < -0.3 is 14.6 Å². The quantitative estimate of drug-likeness (QED) is 0.845. The van der Waals surface area contributed by atoms with Gasteiger partial charge >= 0.3 is 0 Å². The van der Waals surface area contributed by atoms with E-state index in [4.69, 9.17) is 4.42 Å². The molecule has 0 spiro atoms. The predicted molar refractivity (Wildman–Crippen MR) is 81.9 cm³/mol. The molecule has 0 aliphatic heterocycles. The molecule has 1 heterocycles. The third-order valence-electron chi connectivity index (χ3n) is 3.41. The Balaban J connectivity index is 1.81. The summed E-state index contributed by atoms with van der Waals surface area (Å²) in [6, 6.07) is 13.9. The van der Waals surface area contributed by atoms with E-state index >= 15 is 0 Å². The third-order valence-corrected chi connectivity index (χ3v) is 3.41. The van der Waals surface area contributed by atoms with Gasteiger partial charge in [-0.05, 0) is 31.5 Å². The van der Waals surface area contributed by atoms with Crippen molar-refractivity contribution in [2.24, 2.45) is 0 Å². The van der Waals surface area contributed by atoms with Crippen molar-refractivity contribution in [3.63, 3.8) is 0 Å². The van der Waals surface area contributed by atoms with E-state index in [1.165, 1.54) is 0 Å². The van der Waals surface area contributed by atoms with Crippen LogP contribution in [0.3, 0.4) is 0 Å². The Morgan fingerprint density at radius 1 is 1.24 bits per heavy atom. The summed E-state index contributed by atoms with van der Waals surface area (Å²) in [5, 5.41) is 3.03. The Morgan fingerprint density at radius 2 is 1.95 bits per heavy atom. The Morgan fingerprint density at radius 3 is 2.57 bits per heavy atom. The van der Waals surface area contributed by atoms with Crippen molar-refractivity contribution in [3.8, 4) is 0 Å². The topological polar surface area (TPSA) is 46.7 Å². The summed E-state index contributed by atoms with van der Waals surface area (Å²) in [7, 11) is 1.99. The van der Waals surface area contributed by atoms with Crippen molar-refractivity contribution in [2.45, 2.75) is 26.4 Å². The lowest BCUT2D eigenvalue weighted by molar-refractivity contribution is -0.886. The average molecular weight is 287 g/mol. The second-order valence-corrected chi connectivity index (χ2v) is 5.52. The zero-order valence-corrected chi connectivity index (χ0v) is 12.8. The van der Waals surface area contributed by atoms with E-state index in [0.717, 1.165) is 22.0 Å². The van der Waals surface area contributed by atoms with E-state index in [2.05, 4.69) is 5.32 Å². The highest BCUT2D eigenvalue weighted by molar-refractivity contribution is 5.77. The molecular weight excluding hydrogens is 264 g/mol. The molecule has 112 valence electrons. The number of benzene rings is 1. The highest BCUT2D eigenvalue weighted by atomic mass is 16.3. The Hall–Kier alpha value is -2.07. The molecule has 2 rings (SSSR count). The van der Waals surface area contributed by atoms with Gasteiger partial charge in [-0.2, -0.15) is 0 Å². The number of rotatable bonds is 6.